The van der Waals surface area contributed by atoms with Gasteiger partial charge in [-0.3, -0.25) is 14.2 Å². The fourth-order valence-corrected chi connectivity index (χ4v) is 3.95. The monoisotopic (exact) mass is 385 g/mol. The lowest BCUT2D eigenvalue weighted by Gasteiger charge is -2.23. The zero-order chi connectivity index (χ0) is 19.3. The van der Waals surface area contributed by atoms with E-state index < -0.39 is 5.91 Å². The second-order valence-electron chi connectivity index (χ2n) is 7.00. The molecule has 2 amide bonds. The molecule has 140 valence electrons. The lowest BCUT2D eigenvalue weighted by molar-refractivity contribution is 0.0736. The fraction of sp³-hybridized carbons (Fsp3) is 0.368. The second kappa shape index (κ2) is 6.49. The molecule has 3 heterocycles. The van der Waals surface area contributed by atoms with E-state index in [-0.39, 0.29) is 17.6 Å². The zero-order valence-electron chi connectivity index (χ0n) is 15.4. The SMILES string of the molecule is C/C(=N/C(=O)c1ncn2c1[C@@H]1CCCN1C(=O)c1c(Cl)cccc1-2)N(C)C. The van der Waals surface area contributed by atoms with Crippen LogP contribution in [0.15, 0.2) is 29.5 Å². The Hall–Kier alpha value is -2.67. The van der Waals surface area contributed by atoms with Crippen LogP contribution in [0.1, 0.15) is 52.3 Å². The number of carbonyl (C=O) groups excluding carboxylic acids is 2. The van der Waals surface area contributed by atoms with Crippen molar-refractivity contribution in [3.05, 3.63) is 46.5 Å². The number of aromatic nitrogens is 2. The Bertz CT molecular complexity index is 978. The van der Waals surface area contributed by atoms with E-state index in [1.807, 2.05) is 24.7 Å². The van der Waals surface area contributed by atoms with Crippen molar-refractivity contribution in [3.8, 4) is 5.69 Å². The van der Waals surface area contributed by atoms with E-state index in [0.29, 0.717) is 34.3 Å². The molecule has 0 radical (unpaired) electrons. The first-order valence-corrected chi connectivity index (χ1v) is 9.22. The Morgan fingerprint density at radius 3 is 2.89 bits per heavy atom. The quantitative estimate of drug-likeness (QED) is 0.559. The highest BCUT2D eigenvalue weighted by Crippen LogP contribution is 2.41. The van der Waals surface area contributed by atoms with E-state index in [2.05, 4.69) is 9.98 Å². The van der Waals surface area contributed by atoms with Gasteiger partial charge >= 0.3 is 0 Å². The highest BCUT2D eigenvalue weighted by atomic mass is 35.5. The van der Waals surface area contributed by atoms with Crippen LogP contribution in [0.2, 0.25) is 5.02 Å². The Morgan fingerprint density at radius 1 is 1.37 bits per heavy atom. The van der Waals surface area contributed by atoms with E-state index in [1.165, 1.54) is 0 Å². The number of hydrogen-bond acceptors (Lipinski definition) is 3. The van der Waals surface area contributed by atoms with Crippen molar-refractivity contribution >= 4 is 29.3 Å². The lowest BCUT2D eigenvalue weighted by atomic mass is 10.1. The first kappa shape index (κ1) is 17.7. The third kappa shape index (κ3) is 2.73. The lowest BCUT2D eigenvalue weighted by Crippen LogP contribution is -2.30. The number of imidazole rings is 1. The Morgan fingerprint density at radius 2 is 2.15 bits per heavy atom. The molecular weight excluding hydrogens is 366 g/mol. The number of aliphatic imine (C=N–C) groups is 1. The van der Waals surface area contributed by atoms with Gasteiger partial charge < -0.3 is 9.80 Å². The van der Waals surface area contributed by atoms with Gasteiger partial charge in [0, 0.05) is 20.6 Å². The van der Waals surface area contributed by atoms with E-state index in [1.54, 1.807) is 35.2 Å². The first-order chi connectivity index (χ1) is 12.9. The third-order valence-corrected chi connectivity index (χ3v) is 5.53. The molecule has 0 spiro atoms. The average molecular weight is 386 g/mol. The van der Waals surface area contributed by atoms with Crippen molar-refractivity contribution < 1.29 is 9.59 Å². The van der Waals surface area contributed by atoms with Crippen LogP contribution in [-0.4, -0.2) is 57.6 Å². The minimum Gasteiger partial charge on any atom is -0.366 e. The number of hydrogen-bond donors (Lipinski definition) is 0. The largest absolute Gasteiger partial charge is 0.366 e. The molecule has 2 aliphatic rings. The summed E-state index contributed by atoms with van der Waals surface area (Å²) < 4.78 is 1.82. The van der Waals surface area contributed by atoms with Crippen molar-refractivity contribution in [2.24, 2.45) is 4.99 Å². The number of amidine groups is 1. The topological polar surface area (TPSA) is 70.8 Å². The van der Waals surface area contributed by atoms with Gasteiger partial charge in [0.2, 0.25) is 0 Å². The highest BCUT2D eigenvalue weighted by Gasteiger charge is 2.40. The molecule has 2 aromatic rings. The summed E-state index contributed by atoms with van der Waals surface area (Å²) in [7, 11) is 3.66. The summed E-state index contributed by atoms with van der Waals surface area (Å²) in [6.45, 7) is 2.40. The molecule has 1 aromatic carbocycles. The van der Waals surface area contributed by atoms with Gasteiger partial charge in [0.25, 0.3) is 11.8 Å². The molecule has 0 N–H and O–H groups in total. The molecule has 0 unspecified atom stereocenters. The molecule has 1 aromatic heterocycles. The minimum atomic E-state index is -0.403. The van der Waals surface area contributed by atoms with Crippen LogP contribution in [0.25, 0.3) is 5.69 Å². The molecule has 1 atom stereocenters. The van der Waals surface area contributed by atoms with Crippen molar-refractivity contribution in [2.45, 2.75) is 25.8 Å². The normalized spacial score (nSPS) is 18.7. The van der Waals surface area contributed by atoms with Gasteiger partial charge in [-0.2, -0.15) is 4.99 Å². The van der Waals surface area contributed by atoms with Gasteiger partial charge in [-0.15, -0.1) is 0 Å². The number of halogens is 1. The molecule has 2 aliphatic heterocycles. The first-order valence-electron chi connectivity index (χ1n) is 8.84. The summed E-state index contributed by atoms with van der Waals surface area (Å²) in [6, 6.07) is 5.12. The van der Waals surface area contributed by atoms with Gasteiger partial charge in [0.05, 0.1) is 28.0 Å². The van der Waals surface area contributed by atoms with Crippen LogP contribution in [0.4, 0.5) is 0 Å². The molecule has 8 heteroatoms. The van der Waals surface area contributed by atoms with Gasteiger partial charge in [-0.1, -0.05) is 17.7 Å². The minimum absolute atomic E-state index is 0.104. The van der Waals surface area contributed by atoms with E-state index in [4.69, 9.17) is 11.6 Å². The molecule has 1 saturated heterocycles. The second-order valence-corrected chi connectivity index (χ2v) is 7.40. The van der Waals surface area contributed by atoms with Crippen molar-refractivity contribution in [2.75, 3.05) is 20.6 Å². The van der Waals surface area contributed by atoms with Crippen LogP contribution in [-0.2, 0) is 0 Å². The maximum atomic E-state index is 13.1. The van der Waals surface area contributed by atoms with Crippen molar-refractivity contribution in [1.29, 1.82) is 0 Å². The Labute approximate surface area is 162 Å². The van der Waals surface area contributed by atoms with E-state index in [0.717, 1.165) is 12.8 Å². The predicted molar refractivity (Wildman–Crippen MR) is 103 cm³/mol. The predicted octanol–water partition coefficient (Wildman–Crippen LogP) is 2.94. The van der Waals surface area contributed by atoms with Crippen LogP contribution >= 0.6 is 11.6 Å². The molecule has 1 fully saturated rings. The maximum Gasteiger partial charge on any atom is 0.299 e. The summed E-state index contributed by atoms with van der Waals surface area (Å²) in [4.78, 5) is 38.1. The van der Waals surface area contributed by atoms with Gasteiger partial charge in [0.15, 0.2) is 5.69 Å². The summed E-state index contributed by atoms with van der Waals surface area (Å²) >= 11 is 6.36. The molecular formula is C19H20ClN5O2. The van der Waals surface area contributed by atoms with Gasteiger partial charge in [0.1, 0.15) is 12.2 Å². The summed E-state index contributed by atoms with van der Waals surface area (Å²) in [5.74, 6) is 0.0890. The third-order valence-electron chi connectivity index (χ3n) is 5.21. The number of benzene rings is 1. The Kier molecular flexibility index (Phi) is 4.26. The smallest absolute Gasteiger partial charge is 0.299 e. The molecule has 0 saturated carbocycles. The van der Waals surface area contributed by atoms with Gasteiger partial charge in [-0.25, -0.2) is 4.98 Å². The van der Waals surface area contributed by atoms with Crippen LogP contribution in [0.5, 0.6) is 0 Å². The molecule has 4 rings (SSSR count). The van der Waals surface area contributed by atoms with Crippen LogP contribution < -0.4 is 0 Å². The number of rotatable bonds is 1. The number of fused-ring (bicyclic) bond motifs is 5. The standard InChI is InChI=1S/C19H20ClN5O2/c1-11(23(2)3)22-18(26)16-17-14-8-5-9-24(14)19(27)15-12(20)6-4-7-13(15)25(17)10-21-16/h4,6-7,10,14H,5,8-9H2,1-3H3/b22-11-/t14-/m0/s1. The zero-order valence-corrected chi connectivity index (χ0v) is 16.2. The summed E-state index contributed by atoms with van der Waals surface area (Å²) in [5, 5.41) is 0.402. The fourth-order valence-electron chi connectivity index (χ4n) is 3.70. The van der Waals surface area contributed by atoms with Crippen molar-refractivity contribution in [3.63, 3.8) is 0 Å². The summed E-state index contributed by atoms with van der Waals surface area (Å²) in [6.07, 6.45) is 3.24. The van der Waals surface area contributed by atoms with Crippen LogP contribution in [0.3, 0.4) is 0 Å². The average Bonchev–Trinajstić information content (AvgIpc) is 3.25. The van der Waals surface area contributed by atoms with Gasteiger partial charge in [-0.05, 0) is 31.9 Å². The van der Waals surface area contributed by atoms with Crippen LogP contribution in [0, 0.1) is 0 Å². The molecule has 0 bridgehead atoms. The van der Waals surface area contributed by atoms with Crippen molar-refractivity contribution in [1.82, 2.24) is 19.4 Å². The van der Waals surface area contributed by atoms with E-state index in [9.17, 15) is 9.59 Å². The molecule has 7 nitrogen and oxygen atoms in total. The number of carbonyl (C=O) groups is 2. The number of amides is 2. The Balaban J connectivity index is 1.93. The highest BCUT2D eigenvalue weighted by molar-refractivity contribution is 6.34. The number of nitrogens with zero attached hydrogens (tertiary/aromatic N) is 5. The summed E-state index contributed by atoms with van der Waals surface area (Å²) in [5.41, 5.74) is 2.10. The molecule has 0 aliphatic carbocycles. The molecule has 27 heavy (non-hydrogen) atoms. The van der Waals surface area contributed by atoms with E-state index >= 15 is 0 Å². The maximum absolute atomic E-state index is 13.1.